The van der Waals surface area contributed by atoms with Gasteiger partial charge in [0.25, 0.3) is 0 Å². The first-order valence-corrected chi connectivity index (χ1v) is 15.3. The Hall–Kier alpha value is -5.64. The molecular weight excluding hydrogens is 647 g/mol. The van der Waals surface area contributed by atoms with E-state index in [-0.39, 0.29) is 47.9 Å². The molecule has 0 radical (unpaired) electrons. The number of anilines is 4. The van der Waals surface area contributed by atoms with Gasteiger partial charge in [0.15, 0.2) is 23.1 Å². The molecule has 1 aromatic heterocycles. The second kappa shape index (κ2) is 13.5. The third kappa shape index (κ3) is 6.99. The lowest BCUT2D eigenvalue weighted by Gasteiger charge is -2.36. The second-order valence-corrected chi connectivity index (χ2v) is 12.3. The van der Waals surface area contributed by atoms with Crippen LogP contribution in [0.1, 0.15) is 56.8 Å². The number of carbonyl (C=O) groups is 1. The smallest absolute Gasteiger partial charge is 0.433 e. The number of carbonyl (C=O) groups excluding carboxylic acids is 1. The van der Waals surface area contributed by atoms with Crippen molar-refractivity contribution in [3.05, 3.63) is 99.5 Å². The maximum atomic E-state index is 14.7. The van der Waals surface area contributed by atoms with Crippen molar-refractivity contribution in [2.75, 3.05) is 28.7 Å². The summed E-state index contributed by atoms with van der Waals surface area (Å²) in [4.78, 5) is 40.1. The number of hydrogen-bond acceptors (Lipinski definition) is 11. The van der Waals surface area contributed by atoms with E-state index in [0.717, 1.165) is 18.3 Å². The zero-order valence-electron chi connectivity index (χ0n) is 26.6. The molecule has 3 N–H and O–H groups in total. The van der Waals surface area contributed by atoms with E-state index >= 15 is 0 Å². The third-order valence-electron chi connectivity index (χ3n) is 7.92. The van der Waals surface area contributed by atoms with Gasteiger partial charge in [0.2, 0.25) is 11.8 Å². The molecule has 1 amide bonds. The summed E-state index contributed by atoms with van der Waals surface area (Å²) in [7, 11) is 0. The number of nitrogens with one attached hydrogen (secondary N) is 3. The number of rotatable bonds is 8. The van der Waals surface area contributed by atoms with Crippen LogP contribution in [-0.4, -0.2) is 39.7 Å². The van der Waals surface area contributed by atoms with Gasteiger partial charge < -0.3 is 24.9 Å². The highest BCUT2D eigenvalue weighted by molar-refractivity contribution is 5.94. The monoisotopic (exact) mass is 679 g/mol. The SMILES string of the molecule is CC(C)(C)N(C(=O)ON[C@@H]1CCOc2c(F)cccc21)c1ccc(F)cc1Nc1ncc([N+](=O)[O-])c(N[C@@H]2CCOc3c(F)cccc32)n1. The summed E-state index contributed by atoms with van der Waals surface area (Å²) in [5.74, 6) is -1.97. The van der Waals surface area contributed by atoms with Crippen LogP contribution in [0.5, 0.6) is 11.5 Å². The number of aromatic nitrogens is 2. The Balaban J connectivity index is 1.28. The van der Waals surface area contributed by atoms with Gasteiger partial charge in [-0.1, -0.05) is 24.3 Å². The highest BCUT2D eigenvalue weighted by Gasteiger charge is 2.34. The molecule has 2 atom stereocenters. The first kappa shape index (κ1) is 33.3. The fraction of sp³-hybridized carbons (Fsp3) is 0.303. The quantitative estimate of drug-likeness (QED) is 0.127. The van der Waals surface area contributed by atoms with Crippen LogP contribution >= 0.6 is 0 Å². The largest absolute Gasteiger partial charge is 0.490 e. The van der Waals surface area contributed by atoms with Crippen molar-refractivity contribution < 1.29 is 37.2 Å². The summed E-state index contributed by atoms with van der Waals surface area (Å²) in [5.41, 5.74) is 2.50. The van der Waals surface area contributed by atoms with Gasteiger partial charge in [-0.2, -0.15) is 4.98 Å². The molecule has 0 aliphatic carbocycles. The molecule has 3 aromatic carbocycles. The minimum atomic E-state index is -0.929. The molecule has 4 aromatic rings. The standard InChI is InChI=1S/C33H32F3N7O6/c1-33(2,3)42(32(44)49-41-24-13-15-48-29-20(24)7-5-9-22(29)36)26-11-10-18(34)16-25(26)39-31-37-17-27(43(45)46)30(40-31)38-23-12-14-47-28-19(23)6-4-8-21(28)35/h4-11,16-17,23-24,41H,12-15H2,1-3H3,(H2,37,38,39,40)/t23-,24-/m1/s1. The van der Waals surface area contributed by atoms with Crippen LogP contribution in [-0.2, 0) is 4.84 Å². The summed E-state index contributed by atoms with van der Waals surface area (Å²) in [6, 6.07) is 11.4. The van der Waals surface area contributed by atoms with Crippen molar-refractivity contribution in [2.45, 2.75) is 51.2 Å². The van der Waals surface area contributed by atoms with E-state index in [9.17, 15) is 28.1 Å². The maximum absolute atomic E-state index is 14.7. The molecule has 0 fully saturated rings. The molecule has 13 nitrogen and oxygen atoms in total. The number of para-hydroxylation sites is 2. The third-order valence-corrected chi connectivity index (χ3v) is 7.92. The summed E-state index contributed by atoms with van der Waals surface area (Å²) >= 11 is 0. The molecule has 49 heavy (non-hydrogen) atoms. The Morgan fingerprint density at radius 3 is 2.24 bits per heavy atom. The fourth-order valence-corrected chi connectivity index (χ4v) is 5.71. The molecule has 2 aliphatic rings. The molecule has 0 spiro atoms. The van der Waals surface area contributed by atoms with Crippen LogP contribution in [0, 0.1) is 27.6 Å². The Morgan fingerprint density at radius 2 is 1.61 bits per heavy atom. The Bertz CT molecular complexity index is 1910. The van der Waals surface area contributed by atoms with E-state index in [1.807, 2.05) is 0 Å². The lowest BCUT2D eigenvalue weighted by molar-refractivity contribution is -0.384. The molecule has 0 unspecified atom stereocenters. The number of nitrogens with zero attached hydrogens (tertiary/aromatic N) is 4. The number of halogens is 3. The number of amides is 1. The first-order valence-electron chi connectivity index (χ1n) is 15.3. The highest BCUT2D eigenvalue weighted by Crippen LogP contribution is 2.39. The average molecular weight is 680 g/mol. The van der Waals surface area contributed by atoms with Gasteiger partial charge in [-0.25, -0.2) is 22.9 Å². The second-order valence-electron chi connectivity index (χ2n) is 12.3. The predicted octanol–water partition coefficient (Wildman–Crippen LogP) is 7.25. The van der Waals surface area contributed by atoms with Crippen LogP contribution in [0.3, 0.4) is 0 Å². The topological polar surface area (TPSA) is 153 Å². The van der Waals surface area contributed by atoms with Crippen LogP contribution < -0.4 is 30.5 Å². The van der Waals surface area contributed by atoms with E-state index in [0.29, 0.717) is 24.0 Å². The van der Waals surface area contributed by atoms with Crippen molar-refractivity contribution in [1.29, 1.82) is 0 Å². The summed E-state index contributed by atoms with van der Waals surface area (Å²) in [5, 5.41) is 17.8. The molecule has 256 valence electrons. The van der Waals surface area contributed by atoms with Crippen molar-refractivity contribution in [3.8, 4) is 11.5 Å². The Kier molecular flexibility index (Phi) is 9.14. The lowest BCUT2D eigenvalue weighted by atomic mass is 10.0. The zero-order valence-corrected chi connectivity index (χ0v) is 26.6. The normalized spacial score (nSPS) is 16.7. The van der Waals surface area contributed by atoms with E-state index in [2.05, 4.69) is 26.1 Å². The number of hydrogen-bond donors (Lipinski definition) is 3. The van der Waals surface area contributed by atoms with Gasteiger partial charge in [0.05, 0.1) is 41.6 Å². The maximum Gasteiger partial charge on any atom is 0.433 e. The minimum absolute atomic E-state index is 0.0440. The summed E-state index contributed by atoms with van der Waals surface area (Å²) in [6.07, 6.45) is 0.880. The molecule has 0 saturated carbocycles. The van der Waals surface area contributed by atoms with Crippen LogP contribution in [0.2, 0.25) is 0 Å². The van der Waals surface area contributed by atoms with E-state index in [4.69, 9.17) is 14.3 Å². The van der Waals surface area contributed by atoms with Gasteiger partial charge in [0.1, 0.15) is 12.0 Å². The predicted molar refractivity (Wildman–Crippen MR) is 172 cm³/mol. The van der Waals surface area contributed by atoms with Crippen molar-refractivity contribution in [1.82, 2.24) is 15.4 Å². The minimum Gasteiger partial charge on any atom is -0.490 e. The fourth-order valence-electron chi connectivity index (χ4n) is 5.71. The van der Waals surface area contributed by atoms with Gasteiger partial charge >= 0.3 is 11.8 Å². The molecule has 6 rings (SSSR count). The number of benzene rings is 3. The van der Waals surface area contributed by atoms with Crippen LogP contribution in [0.15, 0.2) is 60.8 Å². The lowest BCUT2D eigenvalue weighted by Crippen LogP contribution is -2.48. The molecule has 0 bridgehead atoms. The highest BCUT2D eigenvalue weighted by atomic mass is 19.1. The number of hydroxylamine groups is 1. The van der Waals surface area contributed by atoms with Crippen LogP contribution in [0.25, 0.3) is 0 Å². The van der Waals surface area contributed by atoms with Gasteiger partial charge in [-0.05, 0) is 51.1 Å². The number of ether oxygens (including phenoxy) is 2. The number of nitro groups is 1. The van der Waals surface area contributed by atoms with E-state index in [1.165, 1.54) is 35.2 Å². The van der Waals surface area contributed by atoms with E-state index in [1.54, 1.807) is 32.9 Å². The zero-order chi connectivity index (χ0) is 34.9. The summed E-state index contributed by atoms with van der Waals surface area (Å²) in [6.45, 7) is 5.56. The average Bonchev–Trinajstić information content (AvgIpc) is 3.05. The Labute approximate surface area is 278 Å². The molecule has 16 heteroatoms. The molecule has 2 aliphatic heterocycles. The van der Waals surface area contributed by atoms with Crippen molar-refractivity contribution in [3.63, 3.8) is 0 Å². The van der Waals surface area contributed by atoms with Crippen LogP contribution in [0.4, 0.5) is 46.8 Å². The van der Waals surface area contributed by atoms with Crippen molar-refractivity contribution >= 4 is 34.9 Å². The van der Waals surface area contributed by atoms with Gasteiger partial charge in [0, 0.05) is 29.5 Å². The van der Waals surface area contributed by atoms with Crippen molar-refractivity contribution in [2.24, 2.45) is 0 Å². The summed E-state index contributed by atoms with van der Waals surface area (Å²) < 4.78 is 54.3. The molecular formula is C33H32F3N7O6. The van der Waals surface area contributed by atoms with E-state index < -0.39 is 51.8 Å². The molecule has 3 heterocycles. The molecule has 0 saturated heterocycles. The van der Waals surface area contributed by atoms with Gasteiger partial charge in [-0.3, -0.25) is 15.0 Å². The number of fused-ring (bicyclic) bond motifs is 2. The van der Waals surface area contributed by atoms with Gasteiger partial charge in [-0.15, -0.1) is 5.48 Å². The Morgan fingerprint density at radius 1 is 0.980 bits per heavy atom. The first-order chi connectivity index (χ1) is 23.4.